The van der Waals surface area contributed by atoms with Gasteiger partial charge in [-0.25, -0.2) is 15.0 Å². The van der Waals surface area contributed by atoms with E-state index >= 15 is 0 Å². The van der Waals surface area contributed by atoms with Gasteiger partial charge in [0.2, 0.25) is 0 Å². The molecule has 5 heteroatoms. The third kappa shape index (κ3) is 5.40. The molecule has 0 aliphatic heterocycles. The number of rotatable bonds is 6. The van der Waals surface area contributed by atoms with Gasteiger partial charge in [-0.3, -0.25) is 0 Å². The van der Waals surface area contributed by atoms with E-state index in [1.54, 1.807) is 15.9 Å². The summed E-state index contributed by atoms with van der Waals surface area (Å²) in [4.78, 5) is 15.4. The highest BCUT2D eigenvalue weighted by molar-refractivity contribution is 7.25. The van der Waals surface area contributed by atoms with Crippen LogP contribution in [0.1, 0.15) is 11.0 Å². The average Bonchev–Trinajstić information content (AvgIpc) is 3.90. The van der Waals surface area contributed by atoms with Gasteiger partial charge in [0.1, 0.15) is 0 Å². The number of benzene rings is 8. The van der Waals surface area contributed by atoms with E-state index in [0.717, 1.165) is 48.0 Å². The Morgan fingerprint density at radius 2 is 0.929 bits per heavy atom. The van der Waals surface area contributed by atoms with Gasteiger partial charge in [0, 0.05) is 53.2 Å². The molecule has 0 N–H and O–H groups in total. The average molecular weight is 741 g/mol. The zero-order chi connectivity index (χ0) is 44.0. The number of aromatic nitrogens is 4. The maximum Gasteiger partial charge on any atom is 0.166 e. The van der Waals surface area contributed by atoms with E-state index in [1.165, 1.54) is 0 Å². The van der Waals surface area contributed by atoms with Gasteiger partial charge in [0.15, 0.2) is 17.5 Å². The molecule has 262 valence electrons. The van der Waals surface area contributed by atoms with Crippen LogP contribution in [-0.2, 0) is 0 Å². The second-order valence-electron chi connectivity index (χ2n) is 13.4. The Morgan fingerprint density at radius 3 is 1.66 bits per heavy atom. The highest BCUT2D eigenvalue weighted by atomic mass is 32.1. The van der Waals surface area contributed by atoms with Crippen molar-refractivity contribution >= 4 is 53.3 Å². The molecule has 56 heavy (non-hydrogen) atoms. The van der Waals surface area contributed by atoms with Gasteiger partial charge >= 0.3 is 0 Å². The third-order valence-corrected chi connectivity index (χ3v) is 11.3. The monoisotopic (exact) mass is 740 g/mol. The molecule has 0 fully saturated rings. The summed E-state index contributed by atoms with van der Waals surface area (Å²) in [5.41, 5.74) is 5.63. The van der Waals surface area contributed by atoms with Crippen molar-refractivity contribution in [1.29, 1.82) is 0 Å². The molecule has 0 saturated heterocycles. The standard InChI is InChI=1S/C51H32N4S/c1-3-14-33(15-4-1)34-26-28-35(29-27-34)38-21-13-22-43(48(38)55-44-23-10-7-18-39(44)40-19-8-11-24-45(40)55)51-53-49(36-16-5-2-6-17-36)52-50(54-51)37-30-31-42-41-20-9-12-25-46(41)56-47(42)32-37/h1-32H/i7D,8D,10D,11D,18D,19D,23D,24D. The van der Waals surface area contributed by atoms with Crippen LogP contribution in [0.15, 0.2) is 194 Å². The zero-order valence-corrected chi connectivity index (χ0v) is 30.4. The van der Waals surface area contributed by atoms with Crippen molar-refractivity contribution in [1.82, 2.24) is 19.5 Å². The quantitative estimate of drug-likeness (QED) is 0.170. The minimum absolute atomic E-state index is 0.00428. The minimum Gasteiger partial charge on any atom is -0.308 e. The van der Waals surface area contributed by atoms with Crippen molar-refractivity contribution in [2.45, 2.75) is 0 Å². The second kappa shape index (κ2) is 13.3. The van der Waals surface area contributed by atoms with Gasteiger partial charge in [-0.2, -0.15) is 0 Å². The van der Waals surface area contributed by atoms with Gasteiger partial charge in [-0.1, -0.05) is 164 Å². The van der Waals surface area contributed by atoms with E-state index in [4.69, 9.17) is 23.2 Å². The smallest absolute Gasteiger partial charge is 0.166 e. The van der Waals surface area contributed by atoms with Crippen LogP contribution in [0.3, 0.4) is 0 Å². The highest BCUT2D eigenvalue weighted by Crippen LogP contribution is 2.42. The van der Waals surface area contributed by atoms with Crippen LogP contribution in [0.5, 0.6) is 0 Å². The first-order valence-electron chi connectivity index (χ1n) is 22.1. The van der Waals surface area contributed by atoms with E-state index in [0.29, 0.717) is 28.5 Å². The second-order valence-corrected chi connectivity index (χ2v) is 14.5. The van der Waals surface area contributed by atoms with Gasteiger partial charge in [0.05, 0.1) is 27.7 Å². The van der Waals surface area contributed by atoms with Crippen molar-refractivity contribution in [3.63, 3.8) is 0 Å². The molecule has 0 saturated carbocycles. The van der Waals surface area contributed by atoms with E-state index in [1.807, 2.05) is 121 Å². The third-order valence-electron chi connectivity index (χ3n) is 10.1. The summed E-state index contributed by atoms with van der Waals surface area (Å²) in [6, 6.07) is 43.8. The first-order valence-corrected chi connectivity index (χ1v) is 18.9. The van der Waals surface area contributed by atoms with E-state index in [9.17, 15) is 2.74 Å². The van der Waals surface area contributed by atoms with Gasteiger partial charge in [-0.15, -0.1) is 11.3 Å². The van der Waals surface area contributed by atoms with Crippen molar-refractivity contribution < 1.29 is 11.0 Å². The highest BCUT2D eigenvalue weighted by Gasteiger charge is 2.23. The first-order chi connectivity index (χ1) is 31.1. The van der Waals surface area contributed by atoms with Crippen molar-refractivity contribution in [2.75, 3.05) is 0 Å². The summed E-state index contributed by atoms with van der Waals surface area (Å²) in [5, 5.41) is 2.24. The lowest BCUT2D eigenvalue weighted by Crippen LogP contribution is -2.05. The van der Waals surface area contributed by atoms with Crippen LogP contribution >= 0.6 is 11.3 Å². The first kappa shape index (κ1) is 25.0. The van der Waals surface area contributed by atoms with Crippen molar-refractivity contribution in [3.8, 4) is 62.1 Å². The molecule has 4 nitrogen and oxygen atoms in total. The zero-order valence-electron chi connectivity index (χ0n) is 37.6. The lowest BCUT2D eigenvalue weighted by Gasteiger charge is -2.19. The molecular weight excluding hydrogens is 701 g/mol. The normalized spacial score (nSPS) is 13.6. The predicted molar refractivity (Wildman–Crippen MR) is 234 cm³/mol. The molecular formula is C51H32N4S. The molecule has 3 heterocycles. The molecule has 0 atom stereocenters. The Hall–Kier alpha value is -7.21. The summed E-state index contributed by atoms with van der Waals surface area (Å²) in [6.45, 7) is 0. The Kier molecular flexibility index (Phi) is 5.92. The number of para-hydroxylation sites is 3. The van der Waals surface area contributed by atoms with Gasteiger partial charge in [0.25, 0.3) is 0 Å². The maximum absolute atomic E-state index is 9.40. The molecule has 0 amide bonds. The SMILES string of the molecule is [2H]c1c([2H])c([2H])c2c(c1[2H])c1c([2H])c([2H])c([2H])c([2H])c1n2-c1c(-c2ccc(-c3ccccc3)cc2)cccc1-c1nc(-c2ccccc2)nc(-c2ccc3c(c2)sc2ccccc23)n1. The molecule has 0 bridgehead atoms. The van der Waals surface area contributed by atoms with Crippen molar-refractivity contribution in [3.05, 3.63) is 194 Å². The maximum atomic E-state index is 9.40. The number of fused-ring (bicyclic) bond motifs is 6. The lowest BCUT2D eigenvalue weighted by atomic mass is 9.96. The van der Waals surface area contributed by atoms with Crippen LogP contribution in [0.25, 0.3) is 104 Å². The van der Waals surface area contributed by atoms with Crippen LogP contribution in [0, 0.1) is 0 Å². The fraction of sp³-hybridized carbons (Fsp3) is 0. The molecule has 3 aromatic heterocycles. The lowest BCUT2D eigenvalue weighted by molar-refractivity contribution is 1.07. The number of nitrogens with zero attached hydrogens (tertiary/aromatic N) is 4. The fourth-order valence-electron chi connectivity index (χ4n) is 7.52. The summed E-state index contributed by atoms with van der Waals surface area (Å²) >= 11 is 1.68. The summed E-state index contributed by atoms with van der Waals surface area (Å²) in [5.74, 6) is 1.04. The van der Waals surface area contributed by atoms with Crippen LogP contribution in [0.4, 0.5) is 0 Å². The predicted octanol–water partition coefficient (Wildman–Crippen LogP) is 13.7. The van der Waals surface area contributed by atoms with E-state index in [2.05, 4.69) is 24.3 Å². The molecule has 0 spiro atoms. The van der Waals surface area contributed by atoms with Crippen LogP contribution < -0.4 is 0 Å². The summed E-state index contributed by atoms with van der Waals surface area (Å²) in [6.07, 6.45) is 0. The Balaban J connectivity index is 1.26. The Bertz CT molecular complexity index is 3630. The molecule has 0 aliphatic rings. The molecule has 0 aliphatic carbocycles. The molecule has 0 unspecified atom stereocenters. The molecule has 11 aromatic rings. The molecule has 8 aromatic carbocycles. The van der Waals surface area contributed by atoms with Crippen molar-refractivity contribution in [2.24, 2.45) is 0 Å². The Labute approximate surface area is 338 Å². The largest absolute Gasteiger partial charge is 0.308 e. The fourth-order valence-corrected chi connectivity index (χ4v) is 8.67. The summed E-state index contributed by atoms with van der Waals surface area (Å²) in [7, 11) is 0. The van der Waals surface area contributed by atoms with Crippen LogP contribution in [-0.4, -0.2) is 19.5 Å². The topological polar surface area (TPSA) is 43.6 Å². The number of hydrogen-bond acceptors (Lipinski definition) is 4. The molecule has 11 rings (SSSR count). The van der Waals surface area contributed by atoms with Gasteiger partial charge < -0.3 is 4.57 Å². The number of thiophene rings is 1. The number of hydrogen-bond donors (Lipinski definition) is 0. The molecule has 0 radical (unpaired) electrons. The van der Waals surface area contributed by atoms with E-state index < -0.39 is 48.3 Å². The van der Waals surface area contributed by atoms with E-state index in [-0.39, 0.29) is 27.6 Å². The Morgan fingerprint density at radius 1 is 0.393 bits per heavy atom. The van der Waals surface area contributed by atoms with Gasteiger partial charge in [-0.05, 0) is 47.0 Å². The van der Waals surface area contributed by atoms with Crippen LogP contribution in [0.2, 0.25) is 0 Å². The summed E-state index contributed by atoms with van der Waals surface area (Å²) < 4.78 is 76.0. The minimum atomic E-state index is -0.515.